The van der Waals surface area contributed by atoms with Gasteiger partial charge in [0.15, 0.2) is 0 Å². The van der Waals surface area contributed by atoms with E-state index in [9.17, 15) is 13.2 Å². The minimum absolute atomic E-state index is 0.172. The van der Waals surface area contributed by atoms with Crippen molar-refractivity contribution in [3.05, 3.63) is 28.7 Å². The van der Waals surface area contributed by atoms with E-state index in [1.165, 1.54) is 16.4 Å². The number of primary amides is 1. The Morgan fingerprint density at radius 3 is 2.38 bits per heavy atom. The highest BCUT2D eigenvalue weighted by Gasteiger charge is 2.33. The van der Waals surface area contributed by atoms with Gasteiger partial charge in [-0.2, -0.15) is 4.31 Å². The van der Waals surface area contributed by atoms with E-state index in [2.05, 4.69) is 21.2 Å². The summed E-state index contributed by atoms with van der Waals surface area (Å²) in [4.78, 5) is 11.4. The van der Waals surface area contributed by atoms with Crippen LogP contribution in [0.1, 0.15) is 12.8 Å². The molecule has 1 aliphatic rings. The second-order valence-electron chi connectivity index (χ2n) is 4.95. The summed E-state index contributed by atoms with van der Waals surface area (Å²) in [5, 5.41) is 3.18. The van der Waals surface area contributed by atoms with Crippen LogP contribution >= 0.6 is 15.9 Å². The Morgan fingerprint density at radius 1 is 1.29 bits per heavy atom. The van der Waals surface area contributed by atoms with Gasteiger partial charge in [0.1, 0.15) is 0 Å². The topological polar surface area (TPSA) is 92.5 Å². The summed E-state index contributed by atoms with van der Waals surface area (Å²) in [7, 11) is -3.73. The first-order chi connectivity index (χ1) is 9.91. The van der Waals surface area contributed by atoms with Crippen molar-refractivity contribution in [1.29, 1.82) is 0 Å². The van der Waals surface area contributed by atoms with Crippen LogP contribution in [-0.4, -0.2) is 44.3 Å². The lowest BCUT2D eigenvalue weighted by Crippen LogP contribution is -2.49. The Bertz CT molecular complexity index is 598. The van der Waals surface area contributed by atoms with E-state index < -0.39 is 15.9 Å². The molecule has 0 atom stereocenters. The van der Waals surface area contributed by atoms with E-state index in [1.54, 1.807) is 12.1 Å². The number of rotatable bonds is 5. The van der Waals surface area contributed by atoms with Gasteiger partial charge in [0.25, 0.3) is 0 Å². The Labute approximate surface area is 132 Å². The molecule has 0 unspecified atom stereocenters. The molecule has 0 spiro atoms. The number of halogens is 1. The van der Waals surface area contributed by atoms with Gasteiger partial charge < -0.3 is 11.1 Å². The van der Waals surface area contributed by atoms with Crippen LogP contribution in [0.5, 0.6) is 0 Å². The number of amides is 1. The third kappa shape index (κ3) is 4.03. The number of nitrogens with one attached hydrogen (secondary N) is 1. The highest BCUT2D eigenvalue weighted by molar-refractivity contribution is 9.10. The molecule has 0 radical (unpaired) electrons. The number of hydrogen-bond donors (Lipinski definition) is 2. The first-order valence-corrected chi connectivity index (χ1v) is 8.91. The summed E-state index contributed by atoms with van der Waals surface area (Å²) in [6.07, 6.45) is 1.34. The number of carbonyl (C=O) groups is 1. The van der Waals surface area contributed by atoms with Crippen LogP contribution in [0.15, 0.2) is 33.6 Å². The Morgan fingerprint density at radius 2 is 1.86 bits per heavy atom. The smallest absolute Gasteiger partial charge is 0.243 e. The molecule has 0 aromatic heterocycles. The highest BCUT2D eigenvalue weighted by atomic mass is 79.9. The van der Waals surface area contributed by atoms with Crippen LogP contribution in [0.25, 0.3) is 0 Å². The fourth-order valence-electron chi connectivity index (χ4n) is 2.40. The zero-order chi connectivity index (χ0) is 15.5. The number of nitrogens with zero attached hydrogens (tertiary/aromatic N) is 1. The van der Waals surface area contributed by atoms with Crippen molar-refractivity contribution in [1.82, 2.24) is 9.62 Å². The second-order valence-corrected chi connectivity index (χ2v) is 7.76. The molecule has 116 valence electrons. The minimum Gasteiger partial charge on any atom is -0.369 e. The molecule has 21 heavy (non-hydrogen) atoms. The molecule has 1 aromatic carbocycles. The number of sulfonamides is 1. The lowest BCUT2D eigenvalue weighted by atomic mass is 10.1. The molecule has 1 aromatic rings. The molecule has 0 bridgehead atoms. The zero-order valence-corrected chi connectivity index (χ0v) is 13.9. The summed E-state index contributed by atoms with van der Waals surface area (Å²) in [6, 6.07) is 6.17. The van der Waals surface area contributed by atoms with Crippen LogP contribution in [-0.2, 0) is 14.8 Å². The molecule has 1 saturated heterocycles. The minimum atomic E-state index is -3.73. The fraction of sp³-hybridized carbons (Fsp3) is 0.462. The summed E-state index contributed by atoms with van der Waals surface area (Å²) in [5.74, 6) is -0.644. The molecule has 0 saturated carbocycles. The molecule has 1 fully saturated rings. The van der Waals surface area contributed by atoms with Crippen LogP contribution < -0.4 is 11.1 Å². The largest absolute Gasteiger partial charge is 0.369 e. The lowest BCUT2D eigenvalue weighted by Gasteiger charge is -2.32. The molecule has 2 rings (SSSR count). The maximum atomic E-state index is 12.8. The zero-order valence-electron chi connectivity index (χ0n) is 11.5. The predicted octanol–water partition coefficient (Wildman–Crippen LogP) is 0.677. The van der Waals surface area contributed by atoms with Gasteiger partial charge in [-0.15, -0.1) is 0 Å². The second kappa shape index (κ2) is 6.87. The van der Waals surface area contributed by atoms with Crippen LogP contribution in [0, 0.1) is 0 Å². The third-order valence-electron chi connectivity index (χ3n) is 3.45. The van der Waals surface area contributed by atoms with Gasteiger partial charge in [0, 0.05) is 10.5 Å². The normalized spacial score (nSPS) is 17.0. The molecule has 3 N–H and O–H groups in total. The molecule has 8 heteroatoms. The number of hydrogen-bond acceptors (Lipinski definition) is 4. The lowest BCUT2D eigenvalue weighted by molar-refractivity contribution is -0.118. The van der Waals surface area contributed by atoms with Crippen LogP contribution in [0.4, 0.5) is 0 Å². The van der Waals surface area contributed by atoms with Crippen molar-refractivity contribution in [2.24, 2.45) is 5.73 Å². The van der Waals surface area contributed by atoms with Gasteiger partial charge in [-0.1, -0.05) is 15.9 Å². The summed E-state index contributed by atoms with van der Waals surface area (Å²) < 4.78 is 27.6. The number of carbonyl (C=O) groups excluding carboxylic acids is 1. The monoisotopic (exact) mass is 375 g/mol. The van der Waals surface area contributed by atoms with E-state index in [4.69, 9.17) is 5.73 Å². The number of benzene rings is 1. The predicted molar refractivity (Wildman–Crippen MR) is 83.1 cm³/mol. The van der Waals surface area contributed by atoms with Crippen molar-refractivity contribution in [2.75, 3.05) is 19.6 Å². The van der Waals surface area contributed by atoms with Gasteiger partial charge in [0.2, 0.25) is 15.9 Å². The van der Waals surface area contributed by atoms with E-state index in [0.717, 1.165) is 17.6 Å². The van der Waals surface area contributed by atoms with Crippen LogP contribution in [0.2, 0.25) is 0 Å². The first kappa shape index (κ1) is 16.4. The fourth-order valence-corrected chi connectivity index (χ4v) is 4.32. The molecular weight excluding hydrogens is 358 g/mol. The molecule has 0 aliphatic carbocycles. The SMILES string of the molecule is NC(=O)CN(C1CCNCC1)S(=O)(=O)c1ccc(Br)cc1. The van der Waals surface area contributed by atoms with Gasteiger partial charge in [-0.3, -0.25) is 4.79 Å². The Hall–Kier alpha value is -0.960. The first-order valence-electron chi connectivity index (χ1n) is 6.67. The Balaban J connectivity index is 2.33. The van der Waals surface area contributed by atoms with Crippen molar-refractivity contribution < 1.29 is 13.2 Å². The van der Waals surface area contributed by atoms with E-state index in [0.29, 0.717) is 12.8 Å². The highest BCUT2D eigenvalue weighted by Crippen LogP contribution is 2.23. The quantitative estimate of drug-likeness (QED) is 0.791. The number of nitrogens with two attached hydrogens (primary N) is 1. The van der Waals surface area contributed by atoms with Crippen molar-refractivity contribution >= 4 is 31.9 Å². The van der Waals surface area contributed by atoms with E-state index in [-0.39, 0.29) is 17.5 Å². The standard InChI is InChI=1S/C13H18BrN3O3S/c14-10-1-3-12(4-2-10)21(19,20)17(9-13(15)18)11-5-7-16-8-6-11/h1-4,11,16H,5-9H2,(H2,15,18). The molecule has 1 aliphatic heterocycles. The summed E-state index contributed by atoms with van der Waals surface area (Å²) in [5.41, 5.74) is 5.23. The average Bonchev–Trinajstić information content (AvgIpc) is 2.46. The van der Waals surface area contributed by atoms with E-state index >= 15 is 0 Å². The van der Waals surface area contributed by atoms with Gasteiger partial charge in [0.05, 0.1) is 11.4 Å². The average molecular weight is 376 g/mol. The maximum Gasteiger partial charge on any atom is 0.243 e. The van der Waals surface area contributed by atoms with Crippen molar-refractivity contribution in [3.63, 3.8) is 0 Å². The van der Waals surface area contributed by atoms with Crippen molar-refractivity contribution in [2.45, 2.75) is 23.8 Å². The maximum absolute atomic E-state index is 12.8. The number of piperidine rings is 1. The Kier molecular flexibility index (Phi) is 5.37. The molecule has 1 amide bonds. The summed E-state index contributed by atoms with van der Waals surface area (Å²) >= 11 is 3.28. The van der Waals surface area contributed by atoms with Gasteiger partial charge in [-0.25, -0.2) is 8.42 Å². The molecule has 6 nitrogen and oxygen atoms in total. The van der Waals surface area contributed by atoms with Gasteiger partial charge in [-0.05, 0) is 50.2 Å². The van der Waals surface area contributed by atoms with Crippen LogP contribution in [0.3, 0.4) is 0 Å². The molecule has 1 heterocycles. The van der Waals surface area contributed by atoms with Gasteiger partial charge >= 0.3 is 0 Å². The summed E-state index contributed by atoms with van der Waals surface area (Å²) in [6.45, 7) is 1.18. The third-order valence-corrected chi connectivity index (χ3v) is 5.89. The molecular formula is C13H18BrN3O3S. The van der Waals surface area contributed by atoms with Crippen molar-refractivity contribution in [3.8, 4) is 0 Å². The van der Waals surface area contributed by atoms with E-state index in [1.807, 2.05) is 0 Å².